The maximum Gasteiger partial charge on any atom is 0.274 e. The van der Waals surface area contributed by atoms with Gasteiger partial charge in [0.25, 0.3) is 5.91 Å². The Labute approximate surface area is 200 Å². The first-order chi connectivity index (χ1) is 16.6. The monoisotopic (exact) mass is 464 g/mol. The van der Waals surface area contributed by atoms with Gasteiger partial charge in [-0.3, -0.25) is 14.7 Å². The molecule has 34 heavy (non-hydrogen) atoms. The van der Waals surface area contributed by atoms with E-state index in [-0.39, 0.29) is 11.8 Å². The number of hydrogen-bond donors (Lipinski definition) is 2. The third-order valence-electron chi connectivity index (χ3n) is 5.49. The summed E-state index contributed by atoms with van der Waals surface area (Å²) in [5.41, 5.74) is 3.22. The van der Waals surface area contributed by atoms with E-state index < -0.39 is 0 Å². The number of rotatable bonds is 6. The minimum Gasteiger partial charge on any atom is -0.494 e. The van der Waals surface area contributed by atoms with Gasteiger partial charge in [-0.15, -0.1) is 0 Å². The molecule has 0 aliphatic carbocycles. The van der Waals surface area contributed by atoms with Gasteiger partial charge in [0.2, 0.25) is 5.91 Å². The molecule has 9 nitrogen and oxygen atoms in total. The highest BCUT2D eigenvalue weighted by molar-refractivity contribution is 6.04. The van der Waals surface area contributed by atoms with Crippen molar-refractivity contribution in [2.24, 2.45) is 0 Å². The van der Waals surface area contributed by atoms with Crippen LogP contribution >= 0.6 is 0 Å². The van der Waals surface area contributed by atoms with E-state index in [1.165, 1.54) is 0 Å². The number of ether oxygens (including phenoxy) is 1. The molecular formula is C25H32N6O3. The molecule has 1 aliphatic heterocycles. The van der Waals surface area contributed by atoms with Crippen LogP contribution in [0.3, 0.4) is 0 Å². The molecule has 3 aromatic rings. The first kappa shape index (κ1) is 24.8. The number of nitrogens with zero attached hydrogens (tertiary/aromatic N) is 4. The molecule has 2 N–H and O–H groups in total. The predicted octanol–water partition coefficient (Wildman–Crippen LogP) is 3.82. The van der Waals surface area contributed by atoms with Gasteiger partial charge in [-0.25, -0.2) is 4.98 Å². The summed E-state index contributed by atoms with van der Waals surface area (Å²) in [6.07, 6.45) is 2.17. The quantitative estimate of drug-likeness (QED) is 0.575. The van der Waals surface area contributed by atoms with E-state index in [0.717, 1.165) is 24.5 Å². The first-order valence-electron chi connectivity index (χ1n) is 11.6. The van der Waals surface area contributed by atoms with Crippen molar-refractivity contribution in [3.63, 3.8) is 0 Å². The Balaban J connectivity index is 0.00000158. The number of piperazine rings is 1. The number of anilines is 2. The highest BCUT2D eigenvalue weighted by atomic mass is 16.5. The van der Waals surface area contributed by atoms with Crippen molar-refractivity contribution >= 4 is 23.2 Å². The molecule has 0 saturated carbocycles. The lowest BCUT2D eigenvalue weighted by molar-refractivity contribution is -0.131. The second kappa shape index (κ2) is 11.8. The zero-order valence-corrected chi connectivity index (χ0v) is 20.2. The van der Waals surface area contributed by atoms with Crippen LogP contribution in [0.5, 0.6) is 5.75 Å². The van der Waals surface area contributed by atoms with Crippen LogP contribution in [0.2, 0.25) is 0 Å². The van der Waals surface area contributed by atoms with Crippen LogP contribution in [0, 0.1) is 0 Å². The SMILES string of the molecule is CC.CCC(=O)N1CCN(c2ccc(NC(=O)c3cccc(-c4ccn[nH]4)n3)c(OC)c2)CC1. The molecule has 0 bridgehead atoms. The number of benzene rings is 1. The van der Waals surface area contributed by atoms with Crippen LogP contribution in [0.1, 0.15) is 37.7 Å². The van der Waals surface area contributed by atoms with Gasteiger partial charge in [0.1, 0.15) is 11.4 Å². The lowest BCUT2D eigenvalue weighted by Crippen LogP contribution is -2.48. The van der Waals surface area contributed by atoms with E-state index >= 15 is 0 Å². The summed E-state index contributed by atoms with van der Waals surface area (Å²) in [4.78, 5) is 33.2. The second-order valence-electron chi connectivity index (χ2n) is 7.44. The van der Waals surface area contributed by atoms with E-state index in [1.54, 1.807) is 31.5 Å². The lowest BCUT2D eigenvalue weighted by Gasteiger charge is -2.36. The third-order valence-corrected chi connectivity index (χ3v) is 5.49. The minimum absolute atomic E-state index is 0.186. The number of H-pyrrole nitrogens is 1. The number of carbonyl (C=O) groups excluding carboxylic acids is 2. The second-order valence-corrected chi connectivity index (χ2v) is 7.44. The summed E-state index contributed by atoms with van der Waals surface area (Å²) in [6.45, 7) is 8.79. The van der Waals surface area contributed by atoms with Crippen molar-refractivity contribution in [3.05, 3.63) is 54.4 Å². The fraction of sp³-hybridized carbons (Fsp3) is 0.360. The van der Waals surface area contributed by atoms with Crippen LogP contribution < -0.4 is 15.0 Å². The summed E-state index contributed by atoms with van der Waals surface area (Å²) < 4.78 is 5.53. The number of pyridine rings is 1. The first-order valence-corrected chi connectivity index (χ1v) is 11.6. The molecule has 4 rings (SSSR count). The van der Waals surface area contributed by atoms with Crippen LogP contribution in [0.15, 0.2) is 48.7 Å². The molecule has 1 aliphatic rings. The molecule has 1 fully saturated rings. The fourth-order valence-electron chi connectivity index (χ4n) is 3.71. The highest BCUT2D eigenvalue weighted by Crippen LogP contribution is 2.31. The maximum atomic E-state index is 12.8. The Morgan fingerprint density at radius 1 is 1.09 bits per heavy atom. The molecule has 1 aromatic carbocycles. The molecule has 180 valence electrons. The van der Waals surface area contributed by atoms with E-state index in [4.69, 9.17) is 4.74 Å². The van der Waals surface area contributed by atoms with Crippen molar-refractivity contribution in [1.82, 2.24) is 20.1 Å². The molecule has 0 radical (unpaired) electrons. The average Bonchev–Trinajstić information content (AvgIpc) is 3.45. The number of methoxy groups -OCH3 is 1. The number of amides is 2. The zero-order valence-electron chi connectivity index (χ0n) is 20.2. The Hall–Kier alpha value is -3.88. The largest absolute Gasteiger partial charge is 0.494 e. The Morgan fingerprint density at radius 3 is 2.50 bits per heavy atom. The van der Waals surface area contributed by atoms with Crippen LogP contribution in [0.25, 0.3) is 11.4 Å². The van der Waals surface area contributed by atoms with Gasteiger partial charge in [0, 0.05) is 50.6 Å². The van der Waals surface area contributed by atoms with Crippen LogP contribution in [0.4, 0.5) is 11.4 Å². The fourth-order valence-corrected chi connectivity index (χ4v) is 3.71. The average molecular weight is 465 g/mol. The normalized spacial score (nSPS) is 13.1. The van der Waals surface area contributed by atoms with Crippen molar-refractivity contribution in [2.75, 3.05) is 43.5 Å². The summed E-state index contributed by atoms with van der Waals surface area (Å²) in [7, 11) is 1.57. The Bertz CT molecular complexity index is 1090. The van der Waals surface area contributed by atoms with Crippen molar-refractivity contribution in [3.8, 4) is 17.1 Å². The number of carbonyl (C=O) groups is 2. The van der Waals surface area contributed by atoms with Gasteiger partial charge in [-0.1, -0.05) is 26.8 Å². The van der Waals surface area contributed by atoms with Gasteiger partial charge in [-0.05, 0) is 30.3 Å². The molecule has 2 amide bonds. The maximum absolute atomic E-state index is 12.8. The van der Waals surface area contributed by atoms with Crippen molar-refractivity contribution in [2.45, 2.75) is 27.2 Å². The summed E-state index contributed by atoms with van der Waals surface area (Å²) >= 11 is 0. The smallest absolute Gasteiger partial charge is 0.274 e. The molecule has 3 heterocycles. The van der Waals surface area contributed by atoms with Crippen molar-refractivity contribution in [1.29, 1.82) is 0 Å². The number of aromatic amines is 1. The van der Waals surface area contributed by atoms with Crippen LogP contribution in [-0.2, 0) is 4.79 Å². The van der Waals surface area contributed by atoms with E-state index in [0.29, 0.717) is 42.3 Å². The summed E-state index contributed by atoms with van der Waals surface area (Å²) in [5, 5.41) is 9.65. The molecular weight excluding hydrogens is 432 g/mol. The zero-order chi connectivity index (χ0) is 24.5. The summed E-state index contributed by atoms with van der Waals surface area (Å²) in [6, 6.07) is 12.7. The lowest BCUT2D eigenvalue weighted by atomic mass is 10.2. The van der Waals surface area contributed by atoms with Crippen molar-refractivity contribution < 1.29 is 14.3 Å². The van der Waals surface area contributed by atoms with E-state index in [2.05, 4.69) is 25.4 Å². The van der Waals surface area contributed by atoms with Gasteiger partial charge < -0.3 is 19.9 Å². The Kier molecular flexibility index (Phi) is 8.61. The molecule has 0 atom stereocenters. The highest BCUT2D eigenvalue weighted by Gasteiger charge is 2.21. The molecule has 9 heteroatoms. The van der Waals surface area contributed by atoms with Crippen LogP contribution in [-0.4, -0.2) is 65.2 Å². The van der Waals surface area contributed by atoms with Gasteiger partial charge in [0.15, 0.2) is 0 Å². The standard InChI is InChI=1S/C23H26N6O3.C2H6/c1-3-22(30)29-13-11-28(12-14-29)16-7-8-19(21(15-16)32-2)26-23(31)20-6-4-5-17(25-20)18-9-10-24-27-18;1-2/h4-10,15H,3,11-14H2,1-2H3,(H,24,27)(H,26,31);1-2H3. The molecule has 0 unspecified atom stereocenters. The number of hydrogen-bond acceptors (Lipinski definition) is 6. The molecule has 2 aromatic heterocycles. The number of nitrogens with one attached hydrogen (secondary N) is 2. The van der Waals surface area contributed by atoms with E-state index in [9.17, 15) is 9.59 Å². The van der Waals surface area contributed by atoms with Gasteiger partial charge in [-0.2, -0.15) is 5.10 Å². The summed E-state index contributed by atoms with van der Waals surface area (Å²) in [5.74, 6) is 0.419. The minimum atomic E-state index is -0.330. The Morgan fingerprint density at radius 2 is 1.85 bits per heavy atom. The molecule has 1 saturated heterocycles. The third kappa shape index (κ3) is 5.72. The predicted molar refractivity (Wildman–Crippen MR) is 133 cm³/mol. The number of aromatic nitrogens is 3. The molecule has 0 spiro atoms. The van der Waals surface area contributed by atoms with E-state index in [1.807, 2.05) is 49.9 Å². The van der Waals surface area contributed by atoms with Gasteiger partial charge in [0.05, 0.1) is 24.2 Å². The topological polar surface area (TPSA) is 103 Å². The van der Waals surface area contributed by atoms with Gasteiger partial charge >= 0.3 is 0 Å².